The van der Waals surface area contributed by atoms with Crippen molar-refractivity contribution in [3.63, 3.8) is 0 Å². The fraction of sp³-hybridized carbons (Fsp3) is 0.769. The molecule has 2 N–H and O–H groups in total. The summed E-state index contributed by atoms with van der Waals surface area (Å²) in [6.45, 7) is 12.6. The van der Waals surface area contributed by atoms with Crippen molar-refractivity contribution in [1.29, 1.82) is 0 Å². The number of carbonyl (C=O) groups excluding carboxylic acids is 2. The lowest BCUT2D eigenvalue weighted by molar-refractivity contribution is -0.153. The molecule has 7 atom stereocenters. The lowest BCUT2D eigenvalue weighted by atomic mass is 9.80. The first-order chi connectivity index (χ1) is 20.0. The molecule has 252 valence electrons. The van der Waals surface area contributed by atoms with Gasteiger partial charge in [-0.2, -0.15) is 4.98 Å². The molecular weight excluding hydrogens is 628 g/mol. The quantitative estimate of drug-likeness (QED) is 0.205. The molecule has 0 spiro atoms. The number of rotatable bonds is 15. The molecule has 1 aliphatic heterocycles. The zero-order chi connectivity index (χ0) is 33.8. The molecule has 0 aliphatic carbocycles. The van der Waals surface area contributed by atoms with E-state index in [-0.39, 0.29) is 0 Å². The second kappa shape index (κ2) is 14.6. The van der Waals surface area contributed by atoms with Gasteiger partial charge in [-0.25, -0.2) is 23.7 Å². The molecule has 1 fully saturated rings. The average Bonchev–Trinajstić information content (AvgIpc) is 3.05. The maximum Gasteiger partial charge on any atom is 0.350 e. The van der Waals surface area contributed by atoms with E-state index in [2.05, 4.69) is 15.2 Å². The van der Waals surface area contributed by atoms with Crippen LogP contribution in [0.1, 0.15) is 60.4 Å². The Hall–Kier alpha value is -2.06. The molecule has 1 aromatic rings. The Morgan fingerprint density at radius 3 is 1.93 bits per heavy atom. The van der Waals surface area contributed by atoms with Crippen LogP contribution in [0.25, 0.3) is 0 Å². The van der Waals surface area contributed by atoms with Crippen LogP contribution in [0.4, 0.5) is 8.78 Å². The number of aryl methyl sites for hydroxylation is 1. The zero-order valence-electron chi connectivity index (χ0n) is 26.7. The van der Waals surface area contributed by atoms with Gasteiger partial charge in [0.1, 0.15) is 12.1 Å². The van der Waals surface area contributed by atoms with Crippen LogP contribution in [0.5, 0.6) is 0 Å². The number of nitrogens with zero attached hydrogens (tertiary/aromatic N) is 2. The number of alkyl halides is 2. The van der Waals surface area contributed by atoms with Crippen LogP contribution in [0.3, 0.4) is 0 Å². The smallest absolute Gasteiger partial charge is 0.350 e. The first-order valence-electron chi connectivity index (χ1n) is 14.0. The molecule has 0 aromatic carbocycles. The summed E-state index contributed by atoms with van der Waals surface area (Å²) in [5, 5.41) is 5.00. The zero-order valence-corrected chi connectivity index (χ0v) is 28.4. The molecule has 2 heterocycles. The summed E-state index contributed by atoms with van der Waals surface area (Å²) in [5.41, 5.74) is -3.02. The van der Waals surface area contributed by atoms with Crippen molar-refractivity contribution in [3.05, 3.63) is 28.4 Å². The molecule has 0 bridgehead atoms. The number of hydrogen-bond donors (Lipinski definition) is 2. The molecule has 0 radical (unpaired) electrons. The molecule has 0 amide bonds. The lowest BCUT2D eigenvalue weighted by Crippen LogP contribution is -2.49. The molecule has 1 saturated heterocycles. The van der Waals surface area contributed by atoms with Gasteiger partial charge < -0.3 is 23.3 Å². The van der Waals surface area contributed by atoms with Gasteiger partial charge in [0.25, 0.3) is 15.0 Å². The largest absolute Gasteiger partial charge is 0.462 e. The average molecular weight is 673 g/mol. The van der Waals surface area contributed by atoms with Crippen LogP contribution in [-0.4, -0.2) is 84.4 Å². The van der Waals surface area contributed by atoms with Crippen molar-refractivity contribution in [1.82, 2.24) is 19.7 Å². The van der Waals surface area contributed by atoms with E-state index in [9.17, 15) is 23.5 Å². The van der Waals surface area contributed by atoms with Crippen LogP contribution in [0, 0.1) is 12.3 Å². The number of esters is 2. The van der Waals surface area contributed by atoms with Gasteiger partial charge >= 0.3 is 23.6 Å². The number of carbonyl (C=O) groups is 2. The van der Waals surface area contributed by atoms with Crippen LogP contribution < -0.4 is 15.9 Å². The Morgan fingerprint density at radius 1 is 1.00 bits per heavy atom. The maximum absolute atomic E-state index is 16.3. The van der Waals surface area contributed by atoms with Gasteiger partial charge in [-0.1, -0.05) is 0 Å². The highest BCUT2D eigenvalue weighted by atomic mass is 31.2. The molecule has 1 aromatic heterocycles. The SMILES string of the molecule is Cc1ccn([C@H]2O[C@H](COP(C)(=O)N[C@@H](C)C(=O)OC(C)C)C(C)(COP(C)(=O)N[C@@H](C)C(=O)OC(C)C)C2(F)F)c(=O)n1. The van der Waals surface area contributed by atoms with E-state index < -0.39 is 93.8 Å². The predicted molar refractivity (Wildman–Crippen MR) is 157 cm³/mol. The van der Waals surface area contributed by atoms with E-state index in [0.717, 1.165) is 26.5 Å². The highest BCUT2D eigenvalue weighted by Gasteiger charge is 2.68. The molecule has 44 heavy (non-hydrogen) atoms. The molecule has 14 nitrogen and oxygen atoms in total. The minimum atomic E-state index is -3.90. The van der Waals surface area contributed by atoms with Crippen LogP contribution in [0.2, 0.25) is 0 Å². The minimum absolute atomic E-state index is 0.296. The van der Waals surface area contributed by atoms with E-state index >= 15 is 8.78 Å². The van der Waals surface area contributed by atoms with Gasteiger partial charge in [0.15, 0.2) is 0 Å². The predicted octanol–water partition coefficient (Wildman–Crippen LogP) is 3.63. The lowest BCUT2D eigenvalue weighted by Gasteiger charge is -2.35. The third kappa shape index (κ3) is 9.72. The summed E-state index contributed by atoms with van der Waals surface area (Å²) in [5.74, 6) is -5.28. The first kappa shape index (κ1) is 38.1. The summed E-state index contributed by atoms with van der Waals surface area (Å²) in [6, 6.07) is -0.797. The normalized spacial score (nSPS) is 25.7. The Kier molecular flexibility index (Phi) is 12.6. The Morgan fingerprint density at radius 2 is 1.48 bits per heavy atom. The molecule has 3 unspecified atom stereocenters. The highest BCUT2D eigenvalue weighted by Crippen LogP contribution is 2.57. The van der Waals surface area contributed by atoms with Crippen LogP contribution in [-0.2, 0) is 42.0 Å². The summed E-state index contributed by atoms with van der Waals surface area (Å²) in [4.78, 5) is 40.7. The minimum Gasteiger partial charge on any atom is -0.462 e. The van der Waals surface area contributed by atoms with E-state index in [1.54, 1.807) is 27.7 Å². The summed E-state index contributed by atoms with van der Waals surface area (Å²) < 4.78 is 86.4. The van der Waals surface area contributed by atoms with Gasteiger partial charge in [0.2, 0.25) is 6.23 Å². The fourth-order valence-electron chi connectivity index (χ4n) is 4.24. The summed E-state index contributed by atoms with van der Waals surface area (Å²) in [6.07, 6.45) is -3.52. The van der Waals surface area contributed by atoms with Crippen LogP contribution >= 0.6 is 15.0 Å². The van der Waals surface area contributed by atoms with E-state index in [1.807, 2.05) is 0 Å². The number of ether oxygens (including phenoxy) is 3. The molecular formula is C26H44F2N4O10P2. The van der Waals surface area contributed by atoms with Crippen LogP contribution in [0.15, 0.2) is 17.1 Å². The van der Waals surface area contributed by atoms with Crippen molar-refractivity contribution in [2.24, 2.45) is 5.41 Å². The van der Waals surface area contributed by atoms with Crippen molar-refractivity contribution < 1.29 is 50.8 Å². The van der Waals surface area contributed by atoms with E-state index in [0.29, 0.717) is 10.3 Å². The number of halogens is 2. The topological polar surface area (TPSA) is 173 Å². The Balaban J connectivity index is 2.35. The molecule has 1 aliphatic rings. The standard InChI is InChI=1S/C26H44F2N4O10P2/c1-15(2)40-21(33)18(6)30-43(9,36)38-13-20-25(8,14-39-44(10,37)31-19(7)22(34)41-16(3)4)26(27,28)23(42-20)32-12-11-17(5)29-24(32)35/h11-12,15-16,18-20,23H,13-14H2,1-10H3,(H,30,36)(H,31,37)/t18-,19-,20+,23-,25?,43?,44?/m0/s1. The van der Waals surface area contributed by atoms with E-state index in [4.69, 9.17) is 23.3 Å². The second-order valence-electron chi connectivity index (χ2n) is 11.7. The number of nitrogens with one attached hydrogen (secondary N) is 2. The van der Waals surface area contributed by atoms with E-state index in [1.165, 1.54) is 26.8 Å². The van der Waals surface area contributed by atoms with Gasteiger partial charge in [-0.05, 0) is 61.5 Å². The summed E-state index contributed by atoms with van der Waals surface area (Å²) in [7, 11) is -7.72. The maximum atomic E-state index is 16.3. The number of hydrogen-bond acceptors (Lipinski definition) is 11. The third-order valence-electron chi connectivity index (χ3n) is 6.65. The van der Waals surface area contributed by atoms with Crippen molar-refractivity contribution >= 4 is 27.0 Å². The monoisotopic (exact) mass is 672 g/mol. The Labute approximate surface area is 255 Å². The summed E-state index contributed by atoms with van der Waals surface area (Å²) >= 11 is 0. The Bertz CT molecular complexity index is 1340. The number of aromatic nitrogens is 2. The van der Waals surface area contributed by atoms with Gasteiger partial charge in [-0.15, -0.1) is 0 Å². The van der Waals surface area contributed by atoms with Crippen molar-refractivity contribution in [3.8, 4) is 0 Å². The molecule has 0 saturated carbocycles. The third-order valence-corrected chi connectivity index (χ3v) is 9.62. The fourth-order valence-corrected chi connectivity index (χ4v) is 6.94. The molecule has 18 heteroatoms. The molecule has 2 rings (SSSR count). The van der Waals surface area contributed by atoms with Crippen molar-refractivity contribution in [2.75, 3.05) is 26.5 Å². The second-order valence-corrected chi connectivity index (χ2v) is 16.1. The van der Waals surface area contributed by atoms with Gasteiger partial charge in [0, 0.05) is 25.2 Å². The van der Waals surface area contributed by atoms with Gasteiger partial charge in [0.05, 0.1) is 36.9 Å². The van der Waals surface area contributed by atoms with Gasteiger partial charge in [-0.3, -0.25) is 23.3 Å². The first-order valence-corrected chi connectivity index (χ1v) is 18.2. The van der Waals surface area contributed by atoms with Crippen molar-refractivity contribution in [2.45, 2.75) is 97.9 Å². The highest BCUT2D eigenvalue weighted by molar-refractivity contribution is 7.56.